The smallest absolute Gasteiger partial charge is 0.275 e. The first-order valence-electron chi connectivity index (χ1n) is 8.37. The molecular formula is C21H14Cl2I2N2O+2. The van der Waals surface area contributed by atoms with E-state index in [1.165, 1.54) is 0 Å². The molecule has 4 aromatic rings. The van der Waals surface area contributed by atoms with E-state index in [0.29, 0.717) is 21.4 Å². The third-order valence-corrected chi connectivity index (χ3v) is 6.93. The molecule has 0 radical (unpaired) electrons. The molecule has 3 nitrogen and oxygen atoms in total. The second-order valence-corrected chi connectivity index (χ2v) is 9.78. The van der Waals surface area contributed by atoms with Crippen molar-refractivity contribution in [3.8, 4) is 0 Å². The van der Waals surface area contributed by atoms with Gasteiger partial charge in [-0.15, -0.1) is 0 Å². The maximum Gasteiger partial charge on any atom is 0.321 e. The summed E-state index contributed by atoms with van der Waals surface area (Å²) < 4.78 is 5.86. The van der Waals surface area contributed by atoms with Crippen molar-refractivity contribution in [3.05, 3.63) is 77.4 Å². The number of halogens is 4. The van der Waals surface area contributed by atoms with Gasteiger partial charge in [-0.3, -0.25) is 4.79 Å². The number of nitrogens with zero attached hydrogens (tertiary/aromatic N) is 2. The molecule has 0 unspecified atom stereocenters. The number of benzene rings is 2. The van der Waals surface area contributed by atoms with Crippen LogP contribution in [0.25, 0.3) is 21.5 Å². The lowest BCUT2D eigenvalue weighted by molar-refractivity contribution is -0.679. The molecule has 0 atom stereocenters. The number of hydrogen-bond acceptors (Lipinski definition) is 1. The van der Waals surface area contributed by atoms with Gasteiger partial charge in [0.05, 0.1) is 17.9 Å². The van der Waals surface area contributed by atoms with Crippen LogP contribution < -0.4 is 9.13 Å². The highest BCUT2D eigenvalue weighted by Crippen LogP contribution is 2.29. The second-order valence-electron chi connectivity index (χ2n) is 6.58. The van der Waals surface area contributed by atoms with E-state index >= 15 is 0 Å². The van der Waals surface area contributed by atoms with E-state index in [1.807, 2.05) is 72.0 Å². The number of fused-ring (bicyclic) bond motifs is 2. The van der Waals surface area contributed by atoms with Gasteiger partial charge >= 0.3 is 5.78 Å². The van der Waals surface area contributed by atoms with Crippen LogP contribution in [0.2, 0.25) is 10.0 Å². The van der Waals surface area contributed by atoms with Crippen LogP contribution in [0.1, 0.15) is 16.2 Å². The van der Waals surface area contributed by atoms with Crippen LogP contribution in [0.4, 0.5) is 0 Å². The highest BCUT2D eigenvalue weighted by atomic mass is 127. The highest BCUT2D eigenvalue weighted by molar-refractivity contribution is 14.1. The van der Waals surface area contributed by atoms with Gasteiger partial charge in [0.15, 0.2) is 12.4 Å². The summed E-state index contributed by atoms with van der Waals surface area (Å²) in [6, 6.07) is 11.3. The van der Waals surface area contributed by atoms with Gasteiger partial charge in [0.1, 0.15) is 14.1 Å². The number of rotatable bonds is 2. The van der Waals surface area contributed by atoms with Crippen molar-refractivity contribution in [2.75, 3.05) is 0 Å². The van der Waals surface area contributed by atoms with Crippen LogP contribution in [0.15, 0.2) is 48.8 Å². The summed E-state index contributed by atoms with van der Waals surface area (Å²) in [7, 11) is 3.80. The number of carbonyl (C=O) groups is 1. The van der Waals surface area contributed by atoms with E-state index in [9.17, 15) is 4.79 Å². The highest BCUT2D eigenvalue weighted by Gasteiger charge is 2.32. The Balaban J connectivity index is 2.07. The fraction of sp³-hybridized carbons (Fsp3) is 0.0952. The van der Waals surface area contributed by atoms with Crippen molar-refractivity contribution < 1.29 is 13.9 Å². The zero-order chi connectivity index (χ0) is 20.2. The van der Waals surface area contributed by atoms with Crippen molar-refractivity contribution >= 4 is 95.7 Å². The van der Waals surface area contributed by atoms with Gasteiger partial charge in [0.25, 0.3) is 11.4 Å². The van der Waals surface area contributed by atoms with Crippen LogP contribution in [0.3, 0.4) is 0 Å². The second kappa shape index (κ2) is 7.66. The summed E-state index contributed by atoms with van der Waals surface area (Å²) in [4.78, 5) is 13.8. The first-order chi connectivity index (χ1) is 13.3. The molecule has 0 saturated carbocycles. The molecule has 0 aliphatic rings. The molecule has 7 heteroatoms. The Kier molecular flexibility index (Phi) is 5.54. The Morgan fingerprint density at radius 2 is 1.14 bits per heavy atom. The zero-order valence-corrected chi connectivity index (χ0v) is 20.8. The molecule has 0 saturated heterocycles. The third-order valence-electron chi connectivity index (χ3n) is 4.74. The SMILES string of the molecule is C[n+]1cc(I)c2cc(Cl)ccc2c1C(=O)c1c2ccc(Cl)cc2c(I)c[n+]1C. The molecule has 2 aromatic carbocycles. The number of aryl methyl sites for hydroxylation is 2. The third kappa shape index (κ3) is 3.40. The van der Waals surface area contributed by atoms with Gasteiger partial charge in [0, 0.05) is 20.8 Å². The molecule has 0 spiro atoms. The van der Waals surface area contributed by atoms with Crippen molar-refractivity contribution in [2.45, 2.75) is 0 Å². The average Bonchev–Trinajstić information content (AvgIpc) is 2.63. The molecule has 140 valence electrons. The molecule has 28 heavy (non-hydrogen) atoms. The van der Waals surface area contributed by atoms with Crippen molar-refractivity contribution in [3.63, 3.8) is 0 Å². The quantitative estimate of drug-likeness (QED) is 0.165. The molecule has 0 amide bonds. The van der Waals surface area contributed by atoms with Crippen LogP contribution in [0, 0.1) is 7.14 Å². The molecule has 0 bridgehead atoms. The van der Waals surface area contributed by atoms with Gasteiger partial charge in [0.2, 0.25) is 0 Å². The molecule has 4 rings (SSSR count). The van der Waals surface area contributed by atoms with E-state index in [0.717, 1.165) is 28.7 Å². The molecule has 2 aromatic heterocycles. The predicted molar refractivity (Wildman–Crippen MR) is 129 cm³/mol. The van der Waals surface area contributed by atoms with Crippen molar-refractivity contribution in [1.82, 2.24) is 0 Å². The molecule has 0 aliphatic carbocycles. The largest absolute Gasteiger partial charge is 0.321 e. The van der Waals surface area contributed by atoms with E-state index in [-0.39, 0.29) is 5.78 Å². The Labute approximate surface area is 199 Å². The minimum atomic E-state index is -0.0440. The standard InChI is InChI=1S/C21H14Cl2I2N2O/c1-26-9-17(24)15-7-11(22)3-5-13(15)19(26)21(28)20-14-6-4-12(23)8-16(14)18(25)10-27(20)2/h3-10H,1-2H3/q+2. The normalized spacial score (nSPS) is 11.4. The molecule has 0 aliphatic heterocycles. The number of aromatic nitrogens is 2. The monoisotopic (exact) mass is 634 g/mol. The van der Waals surface area contributed by atoms with Crippen molar-refractivity contribution in [1.29, 1.82) is 0 Å². The minimum Gasteiger partial charge on any atom is -0.275 e. The first-order valence-corrected chi connectivity index (χ1v) is 11.3. The van der Waals surface area contributed by atoms with Gasteiger partial charge in [-0.1, -0.05) is 23.2 Å². The van der Waals surface area contributed by atoms with Crippen LogP contribution >= 0.6 is 68.4 Å². The number of hydrogen-bond donors (Lipinski definition) is 0. The summed E-state index contributed by atoms with van der Waals surface area (Å²) in [6.07, 6.45) is 3.91. The van der Waals surface area contributed by atoms with Crippen molar-refractivity contribution in [2.24, 2.45) is 14.1 Å². The topological polar surface area (TPSA) is 24.8 Å². The van der Waals surface area contributed by atoms with Gasteiger partial charge in [-0.05, 0) is 81.6 Å². The molecule has 2 heterocycles. The average molecular weight is 635 g/mol. The number of carbonyl (C=O) groups excluding carboxylic acids is 1. The summed E-state index contributed by atoms with van der Waals surface area (Å²) in [5.74, 6) is -0.0440. The maximum absolute atomic E-state index is 13.8. The summed E-state index contributed by atoms with van der Waals surface area (Å²) in [5.41, 5.74) is 1.25. The Bertz CT molecular complexity index is 1210. The lowest BCUT2D eigenvalue weighted by Crippen LogP contribution is -2.43. The van der Waals surface area contributed by atoms with E-state index in [2.05, 4.69) is 45.2 Å². The lowest BCUT2D eigenvalue weighted by atomic mass is 10.0. The first kappa shape index (κ1) is 20.3. The fourth-order valence-corrected chi connectivity index (χ4v) is 5.58. The summed E-state index contributed by atoms with van der Waals surface area (Å²) in [5, 5.41) is 4.99. The zero-order valence-electron chi connectivity index (χ0n) is 14.9. The summed E-state index contributed by atoms with van der Waals surface area (Å²) in [6.45, 7) is 0. The molecular weight excluding hydrogens is 621 g/mol. The van der Waals surface area contributed by atoms with Crippen LogP contribution in [0.5, 0.6) is 0 Å². The summed E-state index contributed by atoms with van der Waals surface area (Å²) >= 11 is 16.9. The van der Waals surface area contributed by atoms with E-state index < -0.39 is 0 Å². The van der Waals surface area contributed by atoms with E-state index in [1.54, 1.807) is 0 Å². The van der Waals surface area contributed by atoms with Crippen LogP contribution in [-0.4, -0.2) is 5.78 Å². The molecule has 0 fully saturated rings. The number of ketones is 1. The minimum absolute atomic E-state index is 0.0440. The Morgan fingerprint density at radius 3 is 1.54 bits per heavy atom. The van der Waals surface area contributed by atoms with Gasteiger partial charge in [-0.2, -0.15) is 9.13 Å². The Hall–Kier alpha value is -1.03. The van der Waals surface area contributed by atoms with Gasteiger partial charge in [-0.25, -0.2) is 0 Å². The molecule has 0 N–H and O–H groups in total. The maximum atomic E-state index is 13.8. The lowest BCUT2D eigenvalue weighted by Gasteiger charge is -2.08. The predicted octanol–water partition coefficient (Wildman–Crippen LogP) is 5.39. The van der Waals surface area contributed by atoms with Gasteiger partial charge < -0.3 is 0 Å². The Morgan fingerprint density at radius 1 is 0.750 bits per heavy atom. The van der Waals surface area contributed by atoms with E-state index in [4.69, 9.17) is 23.2 Å². The number of pyridine rings is 2. The van der Waals surface area contributed by atoms with Crippen LogP contribution in [-0.2, 0) is 14.1 Å². The fourth-order valence-electron chi connectivity index (χ4n) is 3.51.